The topological polar surface area (TPSA) is 29.1 Å². The van der Waals surface area contributed by atoms with Gasteiger partial charge in [0.2, 0.25) is 0 Å². The van der Waals surface area contributed by atoms with Crippen LogP contribution in [0.5, 0.6) is 0 Å². The monoisotopic (exact) mass is 313 g/mol. The highest BCUT2D eigenvalue weighted by Crippen LogP contribution is 2.28. The van der Waals surface area contributed by atoms with Crippen LogP contribution in [0.3, 0.4) is 0 Å². The van der Waals surface area contributed by atoms with Gasteiger partial charge in [-0.05, 0) is 31.4 Å². The third kappa shape index (κ3) is 3.93. The Morgan fingerprint density at radius 2 is 1.64 bits per heavy atom. The van der Waals surface area contributed by atoms with Crippen molar-refractivity contribution in [1.29, 1.82) is 0 Å². The van der Waals surface area contributed by atoms with Gasteiger partial charge in [0.1, 0.15) is 11.0 Å². The van der Waals surface area contributed by atoms with Crippen molar-refractivity contribution in [2.75, 3.05) is 0 Å². The van der Waals surface area contributed by atoms with E-state index in [1.165, 1.54) is 0 Å². The lowest BCUT2D eigenvalue weighted by Crippen LogP contribution is -2.36. The molecular formula is C19H23NOS. The average molecular weight is 313 g/mol. The van der Waals surface area contributed by atoms with Gasteiger partial charge < -0.3 is 0 Å². The van der Waals surface area contributed by atoms with Crippen LogP contribution in [-0.4, -0.2) is 4.21 Å². The molecule has 0 aliphatic heterocycles. The summed E-state index contributed by atoms with van der Waals surface area (Å²) >= 11 is 0. The molecule has 0 heterocycles. The minimum atomic E-state index is -1.21. The first-order chi connectivity index (χ1) is 10.6. The van der Waals surface area contributed by atoms with Crippen molar-refractivity contribution in [3.05, 3.63) is 84.4 Å². The van der Waals surface area contributed by atoms with Crippen molar-refractivity contribution in [3.63, 3.8) is 0 Å². The molecule has 0 radical (unpaired) electrons. The molecule has 1 N–H and O–H groups in total. The van der Waals surface area contributed by atoms with Crippen molar-refractivity contribution in [2.24, 2.45) is 0 Å². The maximum atomic E-state index is 12.9. The van der Waals surface area contributed by atoms with Crippen molar-refractivity contribution < 1.29 is 4.21 Å². The van der Waals surface area contributed by atoms with Gasteiger partial charge in [0.15, 0.2) is 0 Å². The summed E-state index contributed by atoms with van der Waals surface area (Å²) in [6.07, 6.45) is 2.60. The van der Waals surface area contributed by atoms with Crippen LogP contribution in [0, 0.1) is 0 Å². The molecule has 2 nitrogen and oxygen atoms in total. The Balaban J connectivity index is 2.19. The molecule has 2 aromatic rings. The summed E-state index contributed by atoms with van der Waals surface area (Å²) in [5.41, 5.74) is 2.19. The molecule has 2 unspecified atom stereocenters. The molecule has 0 spiro atoms. The van der Waals surface area contributed by atoms with E-state index >= 15 is 0 Å². The van der Waals surface area contributed by atoms with Crippen LogP contribution < -0.4 is 4.72 Å². The van der Waals surface area contributed by atoms with Crippen molar-refractivity contribution >= 4 is 11.0 Å². The van der Waals surface area contributed by atoms with E-state index in [0.717, 1.165) is 17.5 Å². The van der Waals surface area contributed by atoms with Gasteiger partial charge in [-0.3, -0.25) is 0 Å². The normalized spacial score (nSPS) is 14.3. The van der Waals surface area contributed by atoms with E-state index in [1.54, 1.807) is 0 Å². The number of benzene rings is 2. The zero-order valence-electron chi connectivity index (χ0n) is 13.2. The highest BCUT2D eigenvalue weighted by molar-refractivity contribution is 7.84. The molecule has 116 valence electrons. The SMILES string of the molecule is C=CCC(NS(=O)C(C)(C)c1ccccc1)c1ccccc1. The smallest absolute Gasteiger partial charge is 0.102 e. The molecule has 3 heteroatoms. The molecule has 0 fully saturated rings. The fourth-order valence-electron chi connectivity index (χ4n) is 2.33. The zero-order chi connectivity index (χ0) is 16.0. The lowest BCUT2D eigenvalue weighted by molar-refractivity contribution is 0.597. The van der Waals surface area contributed by atoms with Gasteiger partial charge in [0.25, 0.3) is 0 Å². The maximum Gasteiger partial charge on any atom is 0.102 e. The molecule has 22 heavy (non-hydrogen) atoms. The lowest BCUT2D eigenvalue weighted by atomic mass is 10.0. The summed E-state index contributed by atoms with van der Waals surface area (Å²) in [7, 11) is -1.21. The fourth-order valence-corrected chi connectivity index (χ4v) is 3.46. The first-order valence-corrected chi connectivity index (χ1v) is 8.60. The quantitative estimate of drug-likeness (QED) is 0.750. The van der Waals surface area contributed by atoms with Gasteiger partial charge in [-0.1, -0.05) is 66.7 Å². The summed E-state index contributed by atoms with van der Waals surface area (Å²) in [6.45, 7) is 7.82. The molecule has 2 rings (SSSR count). The third-order valence-corrected chi connectivity index (χ3v) is 5.45. The molecular weight excluding hydrogens is 290 g/mol. The predicted molar refractivity (Wildman–Crippen MR) is 94.7 cm³/mol. The first-order valence-electron chi connectivity index (χ1n) is 7.45. The molecule has 0 saturated heterocycles. The molecule has 2 aromatic carbocycles. The van der Waals surface area contributed by atoms with Gasteiger partial charge in [-0.25, -0.2) is 8.93 Å². The number of nitrogens with one attached hydrogen (secondary N) is 1. The van der Waals surface area contributed by atoms with Gasteiger partial charge >= 0.3 is 0 Å². The second-order valence-electron chi connectivity index (χ2n) is 5.75. The van der Waals surface area contributed by atoms with Gasteiger partial charge in [-0.15, -0.1) is 6.58 Å². The van der Waals surface area contributed by atoms with Crippen LogP contribution in [0.2, 0.25) is 0 Å². The van der Waals surface area contributed by atoms with Gasteiger partial charge in [0, 0.05) is 6.04 Å². The Morgan fingerprint density at radius 3 is 2.18 bits per heavy atom. The van der Waals surface area contributed by atoms with Crippen LogP contribution >= 0.6 is 0 Å². The minimum Gasteiger partial charge on any atom is -0.242 e. The van der Waals surface area contributed by atoms with Crippen LogP contribution in [0.25, 0.3) is 0 Å². The second-order valence-corrected chi connectivity index (χ2v) is 7.54. The molecule has 0 amide bonds. The van der Waals surface area contributed by atoms with Crippen LogP contribution in [0.1, 0.15) is 37.4 Å². The fraction of sp³-hybridized carbons (Fsp3) is 0.263. The molecule has 0 aliphatic carbocycles. The van der Waals surface area contributed by atoms with Crippen molar-refractivity contribution in [2.45, 2.75) is 31.1 Å². The molecule has 0 aliphatic rings. The molecule has 0 aromatic heterocycles. The summed E-state index contributed by atoms with van der Waals surface area (Å²) in [6, 6.07) is 20.1. The van der Waals surface area contributed by atoms with Crippen LogP contribution in [0.15, 0.2) is 73.3 Å². The van der Waals surface area contributed by atoms with Gasteiger partial charge in [-0.2, -0.15) is 0 Å². The Bertz CT molecular complexity index is 622. The summed E-state index contributed by atoms with van der Waals surface area (Å²) < 4.78 is 15.7. The standard InChI is InChI=1S/C19H23NOS/c1-4-11-18(16-12-7-5-8-13-16)20-22(21)19(2,3)17-14-9-6-10-15-17/h4-10,12-15,18,20H,1,11H2,2-3H3. The van der Waals surface area contributed by atoms with E-state index in [1.807, 2.05) is 80.6 Å². The summed E-state index contributed by atoms with van der Waals surface area (Å²) in [5.74, 6) is 0. The molecule has 2 atom stereocenters. The third-order valence-electron chi connectivity index (χ3n) is 3.79. The Hall–Kier alpha value is -1.71. The summed E-state index contributed by atoms with van der Waals surface area (Å²) in [4.78, 5) is 0. The first kappa shape index (κ1) is 16.7. The van der Waals surface area contributed by atoms with Crippen molar-refractivity contribution in [3.8, 4) is 0 Å². The van der Waals surface area contributed by atoms with E-state index in [4.69, 9.17) is 0 Å². The van der Waals surface area contributed by atoms with E-state index in [9.17, 15) is 4.21 Å². The maximum absolute atomic E-state index is 12.9. The van der Waals surface area contributed by atoms with E-state index in [-0.39, 0.29) is 6.04 Å². The highest BCUT2D eigenvalue weighted by atomic mass is 32.2. The number of rotatable bonds is 7. The zero-order valence-corrected chi connectivity index (χ0v) is 14.0. The average Bonchev–Trinajstić information content (AvgIpc) is 2.56. The predicted octanol–water partition coefficient (Wildman–Crippen LogP) is 4.49. The Morgan fingerprint density at radius 1 is 1.09 bits per heavy atom. The second kappa shape index (κ2) is 7.52. The Kier molecular flexibility index (Phi) is 5.69. The largest absolute Gasteiger partial charge is 0.242 e. The summed E-state index contributed by atoms with van der Waals surface area (Å²) in [5, 5.41) is 0. The Labute approximate surface area is 135 Å². The van der Waals surface area contributed by atoms with Crippen molar-refractivity contribution in [1.82, 2.24) is 4.72 Å². The van der Waals surface area contributed by atoms with Gasteiger partial charge in [0.05, 0.1) is 4.75 Å². The number of hydrogen-bond acceptors (Lipinski definition) is 1. The molecule has 0 saturated carbocycles. The highest BCUT2D eigenvalue weighted by Gasteiger charge is 2.29. The minimum absolute atomic E-state index is 0.00233. The number of hydrogen-bond donors (Lipinski definition) is 1. The van der Waals surface area contributed by atoms with E-state index in [0.29, 0.717) is 0 Å². The molecule has 0 bridgehead atoms. The van der Waals surface area contributed by atoms with Crippen LogP contribution in [0.4, 0.5) is 0 Å². The lowest BCUT2D eigenvalue weighted by Gasteiger charge is -2.28. The van der Waals surface area contributed by atoms with Crippen LogP contribution in [-0.2, 0) is 15.7 Å². The van der Waals surface area contributed by atoms with E-state index in [2.05, 4.69) is 11.3 Å². The van der Waals surface area contributed by atoms with E-state index < -0.39 is 15.7 Å².